The predicted octanol–water partition coefficient (Wildman–Crippen LogP) is 9.68. The van der Waals surface area contributed by atoms with Crippen molar-refractivity contribution in [1.82, 2.24) is 4.90 Å². The summed E-state index contributed by atoms with van der Waals surface area (Å²) in [5.41, 5.74) is 2.16. The average Bonchev–Trinajstić information content (AvgIpc) is 3.27. The lowest BCUT2D eigenvalue weighted by molar-refractivity contribution is -0.385. The summed E-state index contributed by atoms with van der Waals surface area (Å²) >= 11 is 0. The van der Waals surface area contributed by atoms with Crippen LogP contribution in [-0.2, 0) is 14.4 Å². The second-order valence-electron chi connectivity index (χ2n) is 17.5. The van der Waals surface area contributed by atoms with Crippen molar-refractivity contribution < 1.29 is 43.9 Å². The van der Waals surface area contributed by atoms with E-state index in [9.17, 15) is 35.2 Å². The zero-order valence-electron chi connectivity index (χ0n) is 37.1. The largest absolute Gasteiger partial charge is 0.459 e. The number of aliphatic hydroxyl groups excluding tert-OH is 2. The maximum atomic E-state index is 14.7. The molecule has 6 atom stereocenters. The molecule has 3 aromatic rings. The maximum Gasteiger partial charge on any atom is 0.273 e. The molecule has 1 heterocycles. The highest BCUT2D eigenvalue weighted by atomic mass is 16.7. The number of ether oxygens (including phenoxy) is 3. The number of nitro benzene ring substituents is 2. The molecule has 0 unspecified atom stereocenters. The lowest BCUT2D eigenvalue weighted by atomic mass is 9.55. The predicted molar refractivity (Wildman–Crippen MR) is 243 cm³/mol. The topological polar surface area (TPSA) is 196 Å². The summed E-state index contributed by atoms with van der Waals surface area (Å²) in [6, 6.07) is 16.7. The summed E-state index contributed by atoms with van der Waals surface area (Å²) in [6.45, 7) is 12.2. The summed E-state index contributed by atoms with van der Waals surface area (Å²) in [6.07, 6.45) is 12.1. The molecule has 2 aliphatic carbocycles. The average molecular weight is 881 g/mol. The molecule has 342 valence electrons. The van der Waals surface area contributed by atoms with Crippen molar-refractivity contribution in [2.45, 2.75) is 102 Å². The third kappa shape index (κ3) is 10.9. The fourth-order valence-electron chi connectivity index (χ4n) is 9.33. The van der Waals surface area contributed by atoms with Gasteiger partial charge in [0, 0.05) is 61.9 Å². The van der Waals surface area contributed by atoms with E-state index in [2.05, 4.69) is 12.7 Å². The first kappa shape index (κ1) is 47.6. The van der Waals surface area contributed by atoms with Gasteiger partial charge in [0.05, 0.1) is 34.1 Å². The fraction of sp³-hybridized carbons (Fsp3) is 0.469. The van der Waals surface area contributed by atoms with Crippen molar-refractivity contribution in [3.63, 3.8) is 0 Å². The first-order chi connectivity index (χ1) is 30.7. The standard InChI is InChI=1S/C49H60N4O11/c1-6-25-51(45(56)24-19-33-17-20-35(21-18-33)52(57)58)44-32-42(50-64-48(3,4)5)40-29-34(13-8-10-26-54)39(16-9-11-27-55)46-41-31-38(62-37-15-12-14-36(30-37)53(59)60)22-23-43(41)63-49(44,47(40)46)61-28-7-2/h7,12,14-15,17-24,29-31,34,39,44,46-47,54-55H,2,6,8-11,13,16,25-28,32H2,1,3-5H3/t34-,39+,44-,46+,47+,49+/m0/s1. The number of hydrogen-bond acceptors (Lipinski definition) is 12. The van der Waals surface area contributed by atoms with Crippen LogP contribution in [-0.4, -0.2) is 80.4 Å². The van der Waals surface area contributed by atoms with Crippen molar-refractivity contribution in [3.05, 3.63) is 128 Å². The van der Waals surface area contributed by atoms with Crippen molar-refractivity contribution in [3.8, 4) is 17.2 Å². The van der Waals surface area contributed by atoms with Crippen LogP contribution in [0.1, 0.15) is 96.1 Å². The summed E-state index contributed by atoms with van der Waals surface area (Å²) in [5.74, 6) is -1.46. The Morgan fingerprint density at radius 3 is 2.33 bits per heavy atom. The van der Waals surface area contributed by atoms with Crippen LogP contribution in [0.15, 0.2) is 102 Å². The van der Waals surface area contributed by atoms with E-state index in [4.69, 9.17) is 24.2 Å². The number of aliphatic hydroxyl groups is 2. The Kier molecular flexibility index (Phi) is 15.7. The number of hydrogen-bond donors (Lipinski definition) is 2. The Labute approximate surface area is 374 Å². The number of nitrogens with zero attached hydrogens (tertiary/aromatic N) is 4. The fourth-order valence-corrected chi connectivity index (χ4v) is 9.33. The van der Waals surface area contributed by atoms with Gasteiger partial charge in [-0.25, -0.2) is 0 Å². The molecule has 1 amide bonds. The molecule has 2 N–H and O–H groups in total. The number of carbonyl (C=O) groups excluding carboxylic acids is 1. The van der Waals surface area contributed by atoms with E-state index in [-0.39, 0.29) is 61.3 Å². The van der Waals surface area contributed by atoms with Gasteiger partial charge in [0.1, 0.15) is 28.9 Å². The number of fused-ring (bicyclic) bond motifs is 2. The number of nitro groups is 2. The van der Waals surface area contributed by atoms with Crippen LogP contribution in [0.5, 0.6) is 17.2 Å². The molecule has 0 radical (unpaired) electrons. The summed E-state index contributed by atoms with van der Waals surface area (Å²) in [5, 5.41) is 47.7. The second kappa shape index (κ2) is 21.2. The minimum Gasteiger partial charge on any atom is -0.459 e. The number of non-ortho nitro benzene ring substituents is 2. The normalized spacial score (nSPS) is 23.1. The van der Waals surface area contributed by atoms with Gasteiger partial charge in [-0.15, -0.1) is 6.58 Å². The van der Waals surface area contributed by atoms with Gasteiger partial charge in [0.25, 0.3) is 11.4 Å². The van der Waals surface area contributed by atoms with Gasteiger partial charge in [-0.2, -0.15) is 0 Å². The van der Waals surface area contributed by atoms with E-state index in [0.717, 1.165) is 36.8 Å². The number of unbranched alkanes of at least 4 members (excludes halogenated alkanes) is 2. The van der Waals surface area contributed by atoms with Crippen molar-refractivity contribution in [2.75, 3.05) is 26.4 Å². The van der Waals surface area contributed by atoms with Crippen LogP contribution < -0.4 is 9.47 Å². The molecule has 1 fully saturated rings. The third-order valence-corrected chi connectivity index (χ3v) is 12.0. The van der Waals surface area contributed by atoms with Crippen molar-refractivity contribution >= 4 is 29.1 Å². The number of oxime groups is 1. The second-order valence-corrected chi connectivity index (χ2v) is 17.5. The Hall–Kier alpha value is -5.90. The van der Waals surface area contributed by atoms with Gasteiger partial charge < -0.3 is 34.2 Å². The Morgan fingerprint density at radius 1 is 0.969 bits per heavy atom. The van der Waals surface area contributed by atoms with Gasteiger partial charge in [-0.3, -0.25) is 25.0 Å². The molecular weight excluding hydrogens is 821 g/mol. The van der Waals surface area contributed by atoms with E-state index in [1.54, 1.807) is 47.4 Å². The Bertz CT molecular complexity index is 2230. The number of carbonyl (C=O) groups is 1. The van der Waals surface area contributed by atoms with Crippen molar-refractivity contribution in [2.24, 2.45) is 22.9 Å². The van der Waals surface area contributed by atoms with Crippen LogP contribution >= 0.6 is 0 Å². The lowest BCUT2D eigenvalue weighted by Crippen LogP contribution is -2.70. The molecule has 1 aliphatic heterocycles. The Balaban J connectivity index is 1.57. The zero-order chi connectivity index (χ0) is 46.0. The Morgan fingerprint density at radius 2 is 1.67 bits per heavy atom. The molecule has 0 saturated heterocycles. The zero-order valence-corrected chi connectivity index (χ0v) is 37.1. The van der Waals surface area contributed by atoms with E-state index in [1.165, 1.54) is 30.3 Å². The molecule has 0 spiro atoms. The summed E-state index contributed by atoms with van der Waals surface area (Å²) in [4.78, 5) is 44.7. The highest BCUT2D eigenvalue weighted by molar-refractivity contribution is 6.03. The van der Waals surface area contributed by atoms with Gasteiger partial charge in [-0.1, -0.05) is 43.1 Å². The van der Waals surface area contributed by atoms with Gasteiger partial charge in [0.2, 0.25) is 11.7 Å². The SMILES string of the molecule is C=CCO[C@@]12Oc3ccc(Oc4cccc([N+](=O)[O-])c4)cc3[C@H]3[C@H](CCCCO)[C@@H](CCCCO)C=C(C(=NOC(C)(C)C)C[C@@H]1N(CCC)C(=O)C=Cc1ccc([N+](=O)[O-])cc1)[C@H]32. The van der Waals surface area contributed by atoms with E-state index in [0.29, 0.717) is 54.3 Å². The minimum absolute atomic E-state index is 0.000267. The molecule has 64 heavy (non-hydrogen) atoms. The van der Waals surface area contributed by atoms with Gasteiger partial charge in [-0.05, 0) is 118 Å². The summed E-state index contributed by atoms with van der Waals surface area (Å²) in [7, 11) is 0. The molecule has 15 nitrogen and oxygen atoms in total. The monoisotopic (exact) mass is 880 g/mol. The molecule has 3 aromatic carbocycles. The van der Waals surface area contributed by atoms with Crippen LogP contribution in [0, 0.1) is 38.0 Å². The number of allylic oxidation sites excluding steroid dienone is 1. The highest BCUT2D eigenvalue weighted by Crippen LogP contribution is 2.62. The van der Waals surface area contributed by atoms with Crippen LogP contribution in [0.3, 0.4) is 0 Å². The number of amides is 1. The first-order valence-electron chi connectivity index (χ1n) is 22.2. The van der Waals surface area contributed by atoms with E-state index < -0.39 is 33.2 Å². The number of rotatable bonds is 21. The first-order valence-corrected chi connectivity index (χ1v) is 22.2. The molecule has 3 aliphatic rings. The summed E-state index contributed by atoms with van der Waals surface area (Å²) < 4.78 is 20.7. The quantitative estimate of drug-likeness (QED) is 0.0340. The van der Waals surface area contributed by atoms with Crippen LogP contribution in [0.25, 0.3) is 6.08 Å². The molecule has 0 bridgehead atoms. The number of benzene rings is 3. The van der Waals surface area contributed by atoms with E-state index in [1.807, 2.05) is 39.8 Å². The van der Waals surface area contributed by atoms with Gasteiger partial charge in [0.15, 0.2) is 0 Å². The van der Waals surface area contributed by atoms with Crippen molar-refractivity contribution in [1.29, 1.82) is 0 Å². The smallest absolute Gasteiger partial charge is 0.273 e. The minimum atomic E-state index is -1.49. The molecule has 1 saturated carbocycles. The maximum absolute atomic E-state index is 14.7. The molecule has 15 heteroatoms. The van der Waals surface area contributed by atoms with E-state index >= 15 is 0 Å². The lowest BCUT2D eigenvalue weighted by Gasteiger charge is -2.60. The molecule has 6 rings (SSSR count). The van der Waals surface area contributed by atoms with Crippen LogP contribution in [0.4, 0.5) is 11.4 Å². The molecule has 0 aromatic heterocycles. The van der Waals surface area contributed by atoms with Crippen LogP contribution in [0.2, 0.25) is 0 Å². The molecular formula is C49H60N4O11. The highest BCUT2D eigenvalue weighted by Gasteiger charge is 2.65. The van der Waals surface area contributed by atoms with Gasteiger partial charge >= 0.3 is 0 Å². The third-order valence-electron chi connectivity index (χ3n) is 12.0.